The summed E-state index contributed by atoms with van der Waals surface area (Å²) < 4.78 is 7.39. The summed E-state index contributed by atoms with van der Waals surface area (Å²) in [7, 11) is 0. The fourth-order valence-corrected chi connectivity index (χ4v) is 1.99. The fraction of sp³-hybridized carbons (Fsp3) is 0.667. The molecule has 0 atom stereocenters. The van der Waals surface area contributed by atoms with Gasteiger partial charge in [-0.2, -0.15) is 0 Å². The zero-order valence-electron chi connectivity index (χ0n) is 10.9. The minimum absolute atomic E-state index is 0.288. The quantitative estimate of drug-likeness (QED) is 0.737. The molecule has 0 spiro atoms. The smallest absolute Gasteiger partial charge is 0.410 e. The van der Waals surface area contributed by atoms with Crippen molar-refractivity contribution in [2.75, 3.05) is 6.54 Å². The van der Waals surface area contributed by atoms with Crippen molar-refractivity contribution in [1.82, 2.24) is 14.5 Å². The maximum Gasteiger partial charge on any atom is 0.410 e. The van der Waals surface area contributed by atoms with Crippen LogP contribution in [0.15, 0.2) is 6.20 Å². The molecule has 0 saturated carbocycles. The van der Waals surface area contributed by atoms with Crippen LogP contribution in [0.5, 0.6) is 0 Å². The minimum Gasteiger partial charge on any atom is -0.444 e. The average molecular weight is 272 g/mol. The van der Waals surface area contributed by atoms with Gasteiger partial charge in [-0.25, -0.2) is 9.78 Å². The molecule has 0 aromatic carbocycles. The van der Waals surface area contributed by atoms with Crippen LogP contribution < -0.4 is 0 Å². The third-order valence-corrected chi connectivity index (χ3v) is 2.91. The first-order valence-corrected chi connectivity index (χ1v) is 6.51. The van der Waals surface area contributed by atoms with E-state index in [-0.39, 0.29) is 6.09 Å². The van der Waals surface area contributed by atoms with E-state index in [4.69, 9.17) is 16.3 Å². The second-order valence-electron chi connectivity index (χ2n) is 5.38. The van der Waals surface area contributed by atoms with Gasteiger partial charge >= 0.3 is 6.09 Å². The Morgan fingerprint density at radius 3 is 2.83 bits per heavy atom. The summed E-state index contributed by atoms with van der Waals surface area (Å²) in [5.74, 6) is 1.26. The van der Waals surface area contributed by atoms with Gasteiger partial charge in [0, 0.05) is 19.3 Å². The number of nitrogens with zero attached hydrogens (tertiary/aromatic N) is 3. The summed E-state index contributed by atoms with van der Waals surface area (Å²) in [6.07, 6.45) is 1.65. The molecule has 1 aliphatic heterocycles. The van der Waals surface area contributed by atoms with Crippen LogP contribution in [0.4, 0.5) is 4.79 Å². The van der Waals surface area contributed by atoms with Gasteiger partial charge in [0.25, 0.3) is 0 Å². The summed E-state index contributed by atoms with van der Waals surface area (Å²) in [4.78, 5) is 18.0. The molecule has 5 nitrogen and oxygen atoms in total. The van der Waals surface area contributed by atoms with Crippen molar-refractivity contribution in [3.63, 3.8) is 0 Å². The molecule has 1 aromatic heterocycles. The van der Waals surface area contributed by atoms with Crippen LogP contribution >= 0.6 is 11.6 Å². The largest absolute Gasteiger partial charge is 0.444 e. The Morgan fingerprint density at radius 2 is 2.22 bits per heavy atom. The summed E-state index contributed by atoms with van der Waals surface area (Å²) in [6.45, 7) is 7.44. The molecule has 1 aromatic rings. The molecule has 1 aliphatic rings. The summed E-state index contributed by atoms with van der Waals surface area (Å²) in [5, 5.41) is 0. The molecular weight excluding hydrogens is 254 g/mol. The van der Waals surface area contributed by atoms with E-state index in [2.05, 4.69) is 4.98 Å². The molecule has 0 N–H and O–H groups in total. The van der Waals surface area contributed by atoms with Gasteiger partial charge in [0.2, 0.25) is 0 Å². The fourth-order valence-electron chi connectivity index (χ4n) is 1.86. The molecule has 0 aliphatic carbocycles. The van der Waals surface area contributed by atoms with E-state index >= 15 is 0 Å². The molecule has 18 heavy (non-hydrogen) atoms. The lowest BCUT2D eigenvalue weighted by Crippen LogP contribution is -2.41. The highest BCUT2D eigenvalue weighted by Gasteiger charge is 2.26. The van der Waals surface area contributed by atoms with E-state index in [0.717, 1.165) is 18.1 Å². The molecule has 0 radical (unpaired) electrons. The Labute approximate surface area is 112 Å². The second kappa shape index (κ2) is 4.80. The first kappa shape index (κ1) is 13.2. The van der Waals surface area contributed by atoms with Gasteiger partial charge in [-0.1, -0.05) is 0 Å². The predicted octanol–water partition coefficient (Wildman–Crippen LogP) is 2.37. The zero-order chi connectivity index (χ0) is 13.3. The lowest BCUT2D eigenvalue weighted by Gasteiger charge is -2.30. The Hall–Kier alpha value is -1.23. The number of fused-ring (bicyclic) bond motifs is 1. The van der Waals surface area contributed by atoms with Gasteiger partial charge in [0.05, 0.1) is 18.1 Å². The van der Waals surface area contributed by atoms with Crippen LogP contribution in [0.1, 0.15) is 32.3 Å². The highest BCUT2D eigenvalue weighted by molar-refractivity contribution is 6.16. The van der Waals surface area contributed by atoms with Crippen molar-refractivity contribution in [2.45, 2.75) is 45.3 Å². The third kappa shape index (κ3) is 2.96. The molecule has 0 fully saturated rings. The SMILES string of the molecule is CC(C)(C)OC(=O)N1CCn2cc(CCl)nc2C1. The second-order valence-corrected chi connectivity index (χ2v) is 5.64. The first-order chi connectivity index (χ1) is 8.39. The van der Waals surface area contributed by atoms with Crippen LogP contribution in [0.3, 0.4) is 0 Å². The Balaban J connectivity index is 2.05. The van der Waals surface area contributed by atoms with Crippen molar-refractivity contribution in [2.24, 2.45) is 0 Å². The van der Waals surface area contributed by atoms with E-state index in [1.165, 1.54) is 0 Å². The van der Waals surface area contributed by atoms with E-state index in [1.807, 2.05) is 31.5 Å². The monoisotopic (exact) mass is 271 g/mol. The number of alkyl halides is 1. The van der Waals surface area contributed by atoms with Gasteiger partial charge < -0.3 is 9.30 Å². The van der Waals surface area contributed by atoms with Crippen molar-refractivity contribution in [1.29, 1.82) is 0 Å². The van der Waals surface area contributed by atoms with Crippen LogP contribution in [-0.4, -0.2) is 32.7 Å². The molecule has 6 heteroatoms. The van der Waals surface area contributed by atoms with Crippen LogP contribution in [0.25, 0.3) is 0 Å². The number of carbonyl (C=O) groups excluding carboxylic acids is 1. The third-order valence-electron chi connectivity index (χ3n) is 2.64. The number of carbonyl (C=O) groups is 1. The molecule has 0 bridgehead atoms. The lowest BCUT2D eigenvalue weighted by molar-refractivity contribution is 0.0195. The predicted molar refractivity (Wildman–Crippen MR) is 68.4 cm³/mol. The zero-order valence-corrected chi connectivity index (χ0v) is 11.7. The molecule has 1 amide bonds. The first-order valence-electron chi connectivity index (χ1n) is 5.98. The summed E-state index contributed by atoms with van der Waals surface area (Å²) in [5.41, 5.74) is 0.378. The molecule has 2 rings (SSSR count). The van der Waals surface area contributed by atoms with Crippen molar-refractivity contribution in [3.8, 4) is 0 Å². The molecule has 100 valence electrons. The number of halogens is 1. The lowest BCUT2D eigenvalue weighted by atomic mass is 10.2. The van der Waals surface area contributed by atoms with Gasteiger partial charge in [0.15, 0.2) is 0 Å². The van der Waals surface area contributed by atoms with E-state index < -0.39 is 5.60 Å². The highest BCUT2D eigenvalue weighted by atomic mass is 35.5. The standard InChI is InChI=1S/C12H18ClN3O2/c1-12(2,3)18-11(17)16-5-4-15-7-9(6-13)14-10(15)8-16/h7H,4-6,8H2,1-3H3. The number of ether oxygens (including phenoxy) is 1. The molecular formula is C12H18ClN3O2. The normalized spacial score (nSPS) is 15.4. The van der Waals surface area contributed by atoms with E-state index in [1.54, 1.807) is 4.90 Å². The van der Waals surface area contributed by atoms with Crippen molar-refractivity contribution < 1.29 is 9.53 Å². The minimum atomic E-state index is -0.467. The summed E-state index contributed by atoms with van der Waals surface area (Å²) >= 11 is 5.75. The van der Waals surface area contributed by atoms with Crippen molar-refractivity contribution >= 4 is 17.7 Å². The number of hydrogen-bond acceptors (Lipinski definition) is 3. The van der Waals surface area contributed by atoms with Crippen LogP contribution in [-0.2, 0) is 23.7 Å². The Morgan fingerprint density at radius 1 is 1.50 bits per heavy atom. The molecule has 0 saturated heterocycles. The van der Waals surface area contributed by atoms with Crippen molar-refractivity contribution in [3.05, 3.63) is 17.7 Å². The number of rotatable bonds is 1. The maximum absolute atomic E-state index is 11.9. The summed E-state index contributed by atoms with van der Waals surface area (Å²) in [6, 6.07) is 0. The topological polar surface area (TPSA) is 47.4 Å². The Kier molecular flexibility index (Phi) is 3.52. The number of hydrogen-bond donors (Lipinski definition) is 0. The number of amides is 1. The van der Waals surface area contributed by atoms with Crippen LogP contribution in [0.2, 0.25) is 0 Å². The Bertz CT molecular complexity index is 451. The van der Waals surface area contributed by atoms with Gasteiger partial charge in [-0.3, -0.25) is 4.90 Å². The number of aromatic nitrogens is 2. The molecule has 0 unspecified atom stereocenters. The van der Waals surface area contributed by atoms with E-state index in [0.29, 0.717) is 19.0 Å². The van der Waals surface area contributed by atoms with E-state index in [9.17, 15) is 4.79 Å². The van der Waals surface area contributed by atoms with Crippen LogP contribution in [0, 0.1) is 0 Å². The maximum atomic E-state index is 11.9. The van der Waals surface area contributed by atoms with Gasteiger partial charge in [-0.05, 0) is 20.8 Å². The van der Waals surface area contributed by atoms with Gasteiger partial charge in [-0.15, -0.1) is 11.6 Å². The number of imidazole rings is 1. The highest BCUT2D eigenvalue weighted by Crippen LogP contribution is 2.17. The molecule has 2 heterocycles. The van der Waals surface area contributed by atoms with Gasteiger partial charge in [0.1, 0.15) is 11.4 Å². The average Bonchev–Trinajstić information content (AvgIpc) is 2.68.